The topological polar surface area (TPSA) is 206 Å². The molecule has 0 spiro atoms. The van der Waals surface area contributed by atoms with E-state index in [0.717, 1.165) is 27.9 Å². The Morgan fingerprint density at radius 3 is 1.66 bits per heavy atom. The van der Waals surface area contributed by atoms with E-state index in [2.05, 4.69) is 46.2 Å². The molecule has 8 aromatic carbocycles. The number of aryl methyl sites for hydroxylation is 3. The number of hydrogen-bond donors (Lipinski definition) is 4. The van der Waals surface area contributed by atoms with Gasteiger partial charge >= 0.3 is 0 Å². The largest absolute Gasteiger partial charge is 0.506 e. The molecule has 15 heteroatoms. The van der Waals surface area contributed by atoms with Crippen LogP contribution in [0.3, 0.4) is 0 Å². The van der Waals surface area contributed by atoms with Gasteiger partial charge in [-0.25, -0.2) is 0 Å². The molecule has 0 atom stereocenters. The molecular formula is C47H37N9O5S. The third-order valence-electron chi connectivity index (χ3n) is 9.88. The van der Waals surface area contributed by atoms with Crippen molar-refractivity contribution in [1.82, 2.24) is 0 Å². The molecule has 306 valence electrons. The van der Waals surface area contributed by atoms with E-state index >= 15 is 0 Å². The summed E-state index contributed by atoms with van der Waals surface area (Å²) < 4.78 is 33.4. The standard InChI is InChI=1S/C47H37N9O5S/c1-28-22-35(16-20-41(28)53-51-37-14-12-31-8-7-11-46(39(31)26-37)62(59,60)61)49-52-40-21-17-36(23-29(40)2)50-55-43-27-45(57)44(24-30(43)3)56-54-42-19-13-32-25-34(15-18-38(32)47(42)58)48-33-9-5-4-6-10-33/h4-27,48,57-58H,1-3H3,(H,59,60,61). The fraction of sp³-hybridized carbons (Fsp3) is 0.0638. The molecule has 0 aromatic heterocycles. The molecule has 0 aliphatic carbocycles. The third-order valence-corrected chi connectivity index (χ3v) is 10.8. The van der Waals surface area contributed by atoms with Crippen molar-refractivity contribution in [3.8, 4) is 11.5 Å². The first-order valence-electron chi connectivity index (χ1n) is 19.2. The Labute approximate surface area is 356 Å². The number of phenols is 2. The van der Waals surface area contributed by atoms with Crippen LogP contribution in [0.15, 0.2) is 191 Å². The molecule has 0 saturated heterocycles. The lowest BCUT2D eigenvalue weighted by atomic mass is 10.1. The van der Waals surface area contributed by atoms with Crippen molar-refractivity contribution in [3.63, 3.8) is 0 Å². The molecule has 0 aliphatic heterocycles. The minimum atomic E-state index is -4.41. The Morgan fingerprint density at radius 1 is 0.435 bits per heavy atom. The minimum Gasteiger partial charge on any atom is -0.506 e. The van der Waals surface area contributed by atoms with E-state index in [1.807, 2.05) is 87.5 Å². The zero-order valence-corrected chi connectivity index (χ0v) is 34.3. The first-order chi connectivity index (χ1) is 29.9. The summed E-state index contributed by atoms with van der Waals surface area (Å²) in [7, 11) is -4.41. The molecule has 62 heavy (non-hydrogen) atoms. The molecular weight excluding hydrogens is 803 g/mol. The molecule has 14 nitrogen and oxygen atoms in total. The molecule has 0 fully saturated rings. The zero-order chi connectivity index (χ0) is 43.4. The van der Waals surface area contributed by atoms with E-state index in [1.165, 1.54) is 12.1 Å². The number of para-hydroxylation sites is 1. The number of benzene rings is 8. The van der Waals surface area contributed by atoms with E-state index in [4.69, 9.17) is 0 Å². The van der Waals surface area contributed by atoms with Crippen molar-refractivity contribution in [3.05, 3.63) is 162 Å². The highest BCUT2D eigenvalue weighted by Crippen LogP contribution is 2.40. The van der Waals surface area contributed by atoms with E-state index < -0.39 is 10.1 Å². The summed E-state index contributed by atoms with van der Waals surface area (Å²) in [4.78, 5) is -0.195. The second kappa shape index (κ2) is 17.3. The van der Waals surface area contributed by atoms with Gasteiger partial charge in [0.05, 0.1) is 34.1 Å². The monoisotopic (exact) mass is 839 g/mol. The molecule has 0 heterocycles. The van der Waals surface area contributed by atoms with Crippen LogP contribution < -0.4 is 5.32 Å². The molecule has 0 unspecified atom stereocenters. The number of rotatable bonds is 11. The van der Waals surface area contributed by atoms with Gasteiger partial charge in [-0.3, -0.25) is 4.55 Å². The van der Waals surface area contributed by atoms with Crippen LogP contribution in [0.25, 0.3) is 21.5 Å². The number of anilines is 2. The van der Waals surface area contributed by atoms with E-state index in [0.29, 0.717) is 55.8 Å². The maximum atomic E-state index is 11.9. The third kappa shape index (κ3) is 9.23. The molecule has 0 bridgehead atoms. The average Bonchev–Trinajstić information content (AvgIpc) is 3.25. The summed E-state index contributed by atoms with van der Waals surface area (Å²) in [5.74, 6) is -0.167. The highest BCUT2D eigenvalue weighted by Gasteiger charge is 2.14. The van der Waals surface area contributed by atoms with Crippen LogP contribution in [0.4, 0.5) is 56.9 Å². The number of fused-ring (bicyclic) bond motifs is 2. The molecule has 4 N–H and O–H groups in total. The van der Waals surface area contributed by atoms with Gasteiger partial charge < -0.3 is 15.5 Å². The number of aromatic hydroxyl groups is 2. The molecule has 8 aromatic rings. The quantitative estimate of drug-likeness (QED) is 0.0735. The van der Waals surface area contributed by atoms with Gasteiger partial charge in [-0.15, -0.1) is 10.2 Å². The summed E-state index contributed by atoms with van der Waals surface area (Å²) in [6.45, 7) is 5.58. The minimum absolute atomic E-state index is 0.0195. The number of hydrogen-bond acceptors (Lipinski definition) is 13. The summed E-state index contributed by atoms with van der Waals surface area (Å²) >= 11 is 0. The van der Waals surface area contributed by atoms with Gasteiger partial charge in [-0.2, -0.15) is 39.1 Å². The van der Waals surface area contributed by atoms with Crippen LogP contribution >= 0.6 is 0 Å². The van der Waals surface area contributed by atoms with Crippen molar-refractivity contribution in [1.29, 1.82) is 0 Å². The van der Waals surface area contributed by atoms with Crippen LogP contribution in [-0.4, -0.2) is 23.2 Å². The van der Waals surface area contributed by atoms with Gasteiger partial charge in [-0.1, -0.05) is 42.5 Å². The van der Waals surface area contributed by atoms with E-state index in [1.54, 1.807) is 66.7 Å². The summed E-state index contributed by atoms with van der Waals surface area (Å²) in [5, 5.41) is 62.2. The second-order valence-corrected chi connectivity index (χ2v) is 15.8. The molecule has 0 saturated carbocycles. The lowest BCUT2D eigenvalue weighted by Crippen LogP contribution is -1.98. The Hall–Kier alpha value is -8.01. The number of nitrogens with one attached hydrogen (secondary N) is 1. The normalized spacial score (nSPS) is 12.2. The lowest BCUT2D eigenvalue weighted by Gasteiger charge is -2.09. The van der Waals surface area contributed by atoms with Crippen molar-refractivity contribution in [2.45, 2.75) is 25.7 Å². The van der Waals surface area contributed by atoms with Crippen molar-refractivity contribution in [2.75, 3.05) is 5.32 Å². The molecule has 0 amide bonds. The maximum absolute atomic E-state index is 11.9. The van der Waals surface area contributed by atoms with Crippen LogP contribution in [0.5, 0.6) is 11.5 Å². The number of nitrogens with zero attached hydrogens (tertiary/aromatic N) is 8. The predicted octanol–water partition coefficient (Wildman–Crippen LogP) is 15.0. The number of phenolic OH excluding ortho intramolecular Hbond substituents is 2. The maximum Gasteiger partial charge on any atom is 0.295 e. The van der Waals surface area contributed by atoms with E-state index in [-0.39, 0.29) is 27.8 Å². The SMILES string of the molecule is Cc1cc(N=Nc2cc(O)c(N=Nc3ccc4cc(Nc5ccccc5)ccc4c3O)cc2C)ccc1N=Nc1ccc(N=Nc2ccc3cccc(S(=O)(=O)O)c3c2)c(C)c1. The second-order valence-electron chi connectivity index (χ2n) is 14.4. The summed E-state index contributed by atoms with van der Waals surface area (Å²) in [5.41, 5.74) is 7.89. The Morgan fingerprint density at radius 2 is 1.00 bits per heavy atom. The predicted molar refractivity (Wildman–Crippen MR) is 241 cm³/mol. The van der Waals surface area contributed by atoms with Gasteiger partial charge in [0.2, 0.25) is 0 Å². The number of azo groups is 4. The molecule has 0 aliphatic rings. The summed E-state index contributed by atoms with van der Waals surface area (Å²) in [6.07, 6.45) is 0. The van der Waals surface area contributed by atoms with Crippen LogP contribution in [-0.2, 0) is 10.1 Å². The molecule has 0 radical (unpaired) electrons. The van der Waals surface area contributed by atoms with E-state index in [9.17, 15) is 23.2 Å². The van der Waals surface area contributed by atoms with Gasteiger partial charge in [0.25, 0.3) is 10.1 Å². The van der Waals surface area contributed by atoms with Gasteiger partial charge in [0, 0.05) is 28.2 Å². The van der Waals surface area contributed by atoms with Gasteiger partial charge in [-0.05, 0) is 145 Å². The van der Waals surface area contributed by atoms with Crippen molar-refractivity contribution < 1.29 is 23.2 Å². The highest BCUT2D eigenvalue weighted by molar-refractivity contribution is 7.86. The van der Waals surface area contributed by atoms with Crippen LogP contribution in [0.1, 0.15) is 16.7 Å². The average molecular weight is 840 g/mol. The zero-order valence-electron chi connectivity index (χ0n) is 33.5. The Kier molecular flexibility index (Phi) is 11.4. The fourth-order valence-electron chi connectivity index (χ4n) is 6.60. The van der Waals surface area contributed by atoms with Crippen molar-refractivity contribution in [2.24, 2.45) is 40.9 Å². The molecule has 8 rings (SSSR count). The highest BCUT2D eigenvalue weighted by atomic mass is 32.2. The van der Waals surface area contributed by atoms with Gasteiger partial charge in [0.1, 0.15) is 22.0 Å². The fourth-order valence-corrected chi connectivity index (χ4v) is 7.30. The Bertz CT molecular complexity index is 3260. The van der Waals surface area contributed by atoms with Crippen molar-refractivity contribution >= 4 is 88.5 Å². The smallest absolute Gasteiger partial charge is 0.295 e. The first kappa shape index (κ1) is 40.8. The summed E-state index contributed by atoms with van der Waals surface area (Å²) in [6, 6.07) is 42.5. The Balaban J connectivity index is 0.909. The lowest BCUT2D eigenvalue weighted by molar-refractivity contribution is 0.475. The van der Waals surface area contributed by atoms with Gasteiger partial charge in [0.15, 0.2) is 5.75 Å². The van der Waals surface area contributed by atoms with Crippen LogP contribution in [0.2, 0.25) is 0 Å². The first-order valence-corrected chi connectivity index (χ1v) is 20.6. The van der Waals surface area contributed by atoms with Crippen LogP contribution in [0, 0.1) is 20.8 Å².